The highest BCUT2D eigenvalue weighted by molar-refractivity contribution is 7.85. The van der Waals surface area contributed by atoms with Crippen molar-refractivity contribution in [2.45, 2.75) is 141 Å². The molecular formula is C32H54N2O5S. The van der Waals surface area contributed by atoms with E-state index in [1.807, 2.05) is 0 Å². The van der Waals surface area contributed by atoms with Gasteiger partial charge in [0.15, 0.2) is 0 Å². The number of aliphatic carboxylic acids is 1. The standard InChI is InChI=1S/C20H28O5S.2C6H13N/c1-13(2)14-5-7-16-15(11-14)6-8-17-19(16,3)9-4-10-20(17,18(21)22)12-26(23,24)25;2*7-6-4-2-1-3-5-6/h5,7,11,13,17H,4,6,8-10,12H2,1-3H3,(H,21,22)(H,23,24,25);2*6H,1-5,7H2/t17-,19-,20-;;/m1../s1. The number of carboxylic acid groups (broad SMARTS) is 1. The van der Waals surface area contributed by atoms with Crippen LogP contribution in [0.3, 0.4) is 0 Å². The van der Waals surface area contributed by atoms with Gasteiger partial charge in [0.25, 0.3) is 10.1 Å². The summed E-state index contributed by atoms with van der Waals surface area (Å²) >= 11 is 0. The van der Waals surface area contributed by atoms with E-state index in [0.717, 1.165) is 18.4 Å². The van der Waals surface area contributed by atoms with Gasteiger partial charge in [-0.2, -0.15) is 8.42 Å². The zero-order valence-electron chi connectivity index (χ0n) is 25.0. The molecule has 0 aliphatic heterocycles. The van der Waals surface area contributed by atoms with Crippen LogP contribution >= 0.6 is 0 Å². The lowest BCUT2D eigenvalue weighted by Gasteiger charge is -2.54. The summed E-state index contributed by atoms with van der Waals surface area (Å²) in [6, 6.07) is 7.52. The van der Waals surface area contributed by atoms with Crippen LogP contribution in [0.1, 0.15) is 133 Å². The van der Waals surface area contributed by atoms with Crippen LogP contribution in [0.2, 0.25) is 0 Å². The van der Waals surface area contributed by atoms with Gasteiger partial charge in [0.1, 0.15) is 0 Å². The highest BCUT2D eigenvalue weighted by Gasteiger charge is 2.59. The molecule has 3 saturated carbocycles. The van der Waals surface area contributed by atoms with Crippen molar-refractivity contribution in [3.63, 3.8) is 0 Å². The Labute approximate surface area is 242 Å². The third-order valence-corrected chi connectivity index (χ3v) is 10.9. The molecule has 8 heteroatoms. The Morgan fingerprint density at radius 2 is 1.48 bits per heavy atom. The third kappa shape index (κ3) is 8.30. The highest BCUT2D eigenvalue weighted by Crippen LogP contribution is 2.58. The molecule has 6 N–H and O–H groups in total. The van der Waals surface area contributed by atoms with Gasteiger partial charge in [-0.05, 0) is 85.3 Å². The second-order valence-electron chi connectivity index (χ2n) is 13.4. The van der Waals surface area contributed by atoms with Gasteiger partial charge in [-0.15, -0.1) is 0 Å². The Balaban J connectivity index is 0.000000255. The van der Waals surface area contributed by atoms with Crippen molar-refractivity contribution in [3.05, 3.63) is 34.9 Å². The minimum Gasteiger partial charge on any atom is -0.481 e. The molecule has 228 valence electrons. The zero-order valence-corrected chi connectivity index (χ0v) is 25.9. The SMILES string of the molecule is CC(C)c1ccc2c(c1)CC[C@H]1[C@@](CS(=O)(=O)O)(C(=O)O)CCC[C@]21C.NC1CCCCC1.NC1CCCCC1. The maximum absolute atomic E-state index is 12.2. The van der Waals surface area contributed by atoms with E-state index < -0.39 is 27.3 Å². The number of carbonyl (C=O) groups is 1. The van der Waals surface area contributed by atoms with Crippen LogP contribution in [-0.4, -0.2) is 41.9 Å². The third-order valence-electron chi connectivity index (χ3n) is 10.0. The molecule has 0 aromatic heterocycles. The maximum atomic E-state index is 12.2. The van der Waals surface area contributed by atoms with E-state index >= 15 is 0 Å². The summed E-state index contributed by atoms with van der Waals surface area (Å²) in [5.74, 6) is -1.68. The van der Waals surface area contributed by atoms with Gasteiger partial charge in [-0.25, -0.2) is 0 Å². The summed E-state index contributed by atoms with van der Waals surface area (Å²) in [7, 11) is -4.38. The average molecular weight is 579 g/mol. The Morgan fingerprint density at radius 3 is 1.90 bits per heavy atom. The number of nitrogens with two attached hydrogens (primary N) is 2. The number of carboxylic acids is 1. The van der Waals surface area contributed by atoms with Crippen molar-refractivity contribution in [3.8, 4) is 0 Å². The topological polar surface area (TPSA) is 144 Å². The first-order valence-electron chi connectivity index (χ1n) is 15.6. The van der Waals surface area contributed by atoms with Crippen molar-refractivity contribution < 1.29 is 22.9 Å². The normalized spacial score (nSPS) is 29.2. The highest BCUT2D eigenvalue weighted by atomic mass is 32.2. The molecule has 0 amide bonds. The maximum Gasteiger partial charge on any atom is 0.311 e. The molecule has 0 heterocycles. The monoisotopic (exact) mass is 578 g/mol. The van der Waals surface area contributed by atoms with Crippen LogP contribution in [0.5, 0.6) is 0 Å². The van der Waals surface area contributed by atoms with Crippen LogP contribution in [0.25, 0.3) is 0 Å². The fraction of sp³-hybridized carbons (Fsp3) is 0.781. The van der Waals surface area contributed by atoms with Crippen LogP contribution in [0.4, 0.5) is 0 Å². The number of benzene rings is 1. The van der Waals surface area contributed by atoms with Gasteiger partial charge in [-0.3, -0.25) is 9.35 Å². The lowest BCUT2D eigenvalue weighted by molar-refractivity contribution is -0.157. The molecule has 40 heavy (non-hydrogen) atoms. The molecule has 3 fully saturated rings. The van der Waals surface area contributed by atoms with E-state index in [2.05, 4.69) is 39.0 Å². The predicted octanol–water partition coefficient (Wildman–Crippen LogP) is 6.33. The van der Waals surface area contributed by atoms with Gasteiger partial charge in [0, 0.05) is 12.1 Å². The number of hydrogen-bond donors (Lipinski definition) is 4. The molecule has 1 aromatic rings. The summed E-state index contributed by atoms with van der Waals surface area (Å²) in [5.41, 5.74) is 13.1. The van der Waals surface area contributed by atoms with Gasteiger partial charge >= 0.3 is 5.97 Å². The largest absolute Gasteiger partial charge is 0.481 e. The van der Waals surface area contributed by atoms with Crippen LogP contribution in [0, 0.1) is 11.3 Å². The van der Waals surface area contributed by atoms with Crippen LogP contribution < -0.4 is 11.5 Å². The van der Waals surface area contributed by atoms with Crippen LogP contribution in [0.15, 0.2) is 18.2 Å². The zero-order chi connectivity index (χ0) is 29.6. The van der Waals surface area contributed by atoms with Gasteiger partial charge in [0.2, 0.25) is 0 Å². The Kier molecular flexibility index (Phi) is 11.7. The van der Waals surface area contributed by atoms with Gasteiger partial charge in [0.05, 0.1) is 11.2 Å². The Bertz CT molecular complexity index is 1060. The first kappa shape index (κ1) is 33.0. The molecule has 0 radical (unpaired) electrons. The minimum atomic E-state index is -4.38. The predicted molar refractivity (Wildman–Crippen MR) is 162 cm³/mol. The smallest absolute Gasteiger partial charge is 0.311 e. The quantitative estimate of drug-likeness (QED) is 0.306. The summed E-state index contributed by atoms with van der Waals surface area (Å²) in [6.07, 6.45) is 16.5. The molecule has 5 rings (SSSR count). The first-order valence-corrected chi connectivity index (χ1v) is 17.2. The number of hydrogen-bond acceptors (Lipinski definition) is 5. The molecular weight excluding hydrogens is 524 g/mol. The van der Waals surface area contributed by atoms with E-state index in [1.54, 1.807) is 0 Å². The summed E-state index contributed by atoms with van der Waals surface area (Å²) < 4.78 is 32.8. The molecule has 0 unspecified atom stereocenters. The molecule has 7 nitrogen and oxygen atoms in total. The molecule has 4 aliphatic rings. The summed E-state index contributed by atoms with van der Waals surface area (Å²) in [5, 5.41) is 9.99. The molecule has 4 aliphatic carbocycles. The van der Waals surface area contributed by atoms with Gasteiger partial charge < -0.3 is 16.6 Å². The van der Waals surface area contributed by atoms with Crippen molar-refractivity contribution in [2.24, 2.45) is 22.8 Å². The number of fused-ring (bicyclic) bond motifs is 3. The van der Waals surface area contributed by atoms with Crippen molar-refractivity contribution in [1.82, 2.24) is 0 Å². The van der Waals surface area contributed by atoms with E-state index in [0.29, 0.717) is 37.3 Å². The molecule has 0 spiro atoms. The first-order chi connectivity index (χ1) is 18.8. The summed E-state index contributed by atoms with van der Waals surface area (Å²) in [4.78, 5) is 12.2. The van der Waals surface area contributed by atoms with Crippen LogP contribution in [-0.2, 0) is 26.7 Å². The van der Waals surface area contributed by atoms with Crippen molar-refractivity contribution in [2.75, 3.05) is 5.75 Å². The van der Waals surface area contributed by atoms with E-state index in [9.17, 15) is 22.9 Å². The van der Waals surface area contributed by atoms with Crippen molar-refractivity contribution in [1.29, 1.82) is 0 Å². The number of aryl methyl sites for hydroxylation is 1. The van der Waals surface area contributed by atoms with Crippen molar-refractivity contribution >= 4 is 16.1 Å². The average Bonchev–Trinajstić information content (AvgIpc) is 2.89. The van der Waals surface area contributed by atoms with E-state index in [-0.39, 0.29) is 11.3 Å². The second-order valence-corrected chi connectivity index (χ2v) is 14.9. The van der Waals surface area contributed by atoms with E-state index in [1.165, 1.54) is 75.3 Å². The second kappa shape index (κ2) is 14.1. The van der Waals surface area contributed by atoms with E-state index in [4.69, 9.17) is 11.5 Å². The molecule has 1 aromatic carbocycles. The lowest BCUT2D eigenvalue weighted by Crippen LogP contribution is -2.56. The van der Waals surface area contributed by atoms with Gasteiger partial charge in [-0.1, -0.05) is 83.9 Å². The fourth-order valence-electron chi connectivity index (χ4n) is 7.77. The minimum absolute atomic E-state index is 0.293. The Morgan fingerprint density at radius 1 is 0.925 bits per heavy atom. The summed E-state index contributed by atoms with van der Waals surface area (Å²) in [6.45, 7) is 6.38. The lowest BCUT2D eigenvalue weighted by atomic mass is 9.49. The fourth-order valence-corrected chi connectivity index (χ4v) is 8.89. The number of rotatable bonds is 4. The molecule has 0 bridgehead atoms. The Hall–Kier alpha value is -1.48. The molecule has 3 atom stereocenters. The molecule has 0 saturated heterocycles.